The number of hydrogen-bond donors (Lipinski definition) is 1. The summed E-state index contributed by atoms with van der Waals surface area (Å²) in [6.45, 7) is 5.52. The Morgan fingerprint density at radius 1 is 1.22 bits per heavy atom. The molecule has 1 rings (SSSR count). The quantitative estimate of drug-likeness (QED) is 0.805. The van der Waals surface area contributed by atoms with E-state index in [0.717, 1.165) is 18.7 Å². The molecule has 18 heavy (non-hydrogen) atoms. The predicted molar refractivity (Wildman–Crippen MR) is 77.2 cm³/mol. The minimum Gasteiger partial charge on any atom is -0.496 e. The number of nitrogens with one attached hydrogen (secondary N) is 1. The first-order valence-electron chi connectivity index (χ1n) is 6.58. The molecule has 0 fully saturated rings. The van der Waals surface area contributed by atoms with Gasteiger partial charge in [-0.25, -0.2) is 0 Å². The Morgan fingerprint density at radius 2 is 1.89 bits per heavy atom. The number of para-hydroxylation sites is 1. The Balaban J connectivity index is 2.56. The highest BCUT2D eigenvalue weighted by Gasteiger charge is 2.13. The summed E-state index contributed by atoms with van der Waals surface area (Å²) >= 11 is 0. The van der Waals surface area contributed by atoms with Crippen LogP contribution in [0.2, 0.25) is 0 Å². The Hall–Kier alpha value is -1.06. The van der Waals surface area contributed by atoms with Crippen LogP contribution >= 0.6 is 0 Å². The number of ether oxygens (including phenoxy) is 1. The van der Waals surface area contributed by atoms with Crippen LogP contribution in [0.25, 0.3) is 0 Å². The van der Waals surface area contributed by atoms with Crippen LogP contribution in [0.1, 0.15) is 31.9 Å². The molecular formula is C15H26N2O. The fraction of sp³-hybridized carbons (Fsp3) is 0.600. The first-order chi connectivity index (χ1) is 8.54. The number of benzene rings is 1. The molecule has 1 aromatic rings. The van der Waals surface area contributed by atoms with Gasteiger partial charge >= 0.3 is 0 Å². The molecule has 102 valence electrons. The van der Waals surface area contributed by atoms with E-state index < -0.39 is 0 Å². The molecule has 0 saturated carbocycles. The maximum atomic E-state index is 5.40. The van der Waals surface area contributed by atoms with Crippen LogP contribution in [0.4, 0.5) is 0 Å². The van der Waals surface area contributed by atoms with E-state index in [0.29, 0.717) is 12.1 Å². The number of methoxy groups -OCH3 is 1. The molecule has 1 aromatic carbocycles. The Kier molecular flexibility index (Phi) is 6.16. The standard InChI is InChI=1S/C15H26N2O/c1-12(10-11-17(3)4)16-13(2)14-8-6-7-9-15(14)18-5/h6-9,12-13,16H,10-11H2,1-5H3. The number of rotatable bonds is 7. The van der Waals surface area contributed by atoms with Crippen molar-refractivity contribution < 1.29 is 4.74 Å². The Labute approximate surface area is 111 Å². The summed E-state index contributed by atoms with van der Waals surface area (Å²) in [7, 11) is 5.94. The first-order valence-corrected chi connectivity index (χ1v) is 6.58. The summed E-state index contributed by atoms with van der Waals surface area (Å²) < 4.78 is 5.40. The maximum Gasteiger partial charge on any atom is 0.123 e. The lowest BCUT2D eigenvalue weighted by Crippen LogP contribution is -2.32. The van der Waals surface area contributed by atoms with E-state index in [4.69, 9.17) is 4.74 Å². The molecule has 0 aliphatic rings. The van der Waals surface area contributed by atoms with E-state index in [1.807, 2.05) is 12.1 Å². The molecule has 3 nitrogen and oxygen atoms in total. The summed E-state index contributed by atoms with van der Waals surface area (Å²) in [5.74, 6) is 0.956. The fourth-order valence-corrected chi connectivity index (χ4v) is 2.08. The highest BCUT2D eigenvalue weighted by Crippen LogP contribution is 2.24. The monoisotopic (exact) mass is 250 g/mol. The molecule has 2 unspecified atom stereocenters. The van der Waals surface area contributed by atoms with Gasteiger partial charge in [-0.15, -0.1) is 0 Å². The molecule has 0 radical (unpaired) electrons. The average molecular weight is 250 g/mol. The molecule has 0 spiro atoms. The lowest BCUT2D eigenvalue weighted by Gasteiger charge is -2.23. The summed E-state index contributed by atoms with van der Waals surface area (Å²) in [6.07, 6.45) is 1.15. The van der Waals surface area contributed by atoms with Crippen LogP contribution in [0, 0.1) is 0 Å². The van der Waals surface area contributed by atoms with Crippen LogP contribution < -0.4 is 10.1 Å². The van der Waals surface area contributed by atoms with Crippen molar-refractivity contribution in [3.05, 3.63) is 29.8 Å². The van der Waals surface area contributed by atoms with Gasteiger partial charge in [0.2, 0.25) is 0 Å². The maximum absolute atomic E-state index is 5.40. The number of hydrogen-bond acceptors (Lipinski definition) is 3. The van der Waals surface area contributed by atoms with Crippen molar-refractivity contribution in [1.29, 1.82) is 0 Å². The van der Waals surface area contributed by atoms with Gasteiger partial charge in [-0.05, 0) is 47.0 Å². The van der Waals surface area contributed by atoms with Gasteiger partial charge < -0.3 is 15.0 Å². The second-order valence-corrected chi connectivity index (χ2v) is 5.12. The zero-order valence-electron chi connectivity index (χ0n) is 12.2. The lowest BCUT2D eigenvalue weighted by molar-refractivity contribution is 0.349. The molecule has 0 heterocycles. The van der Waals surface area contributed by atoms with Gasteiger partial charge in [0.25, 0.3) is 0 Å². The molecule has 1 N–H and O–H groups in total. The largest absolute Gasteiger partial charge is 0.496 e. The average Bonchev–Trinajstić information content (AvgIpc) is 2.36. The van der Waals surface area contributed by atoms with Crippen molar-refractivity contribution >= 4 is 0 Å². The molecule has 0 saturated heterocycles. The van der Waals surface area contributed by atoms with Crippen LogP contribution in [0.15, 0.2) is 24.3 Å². The van der Waals surface area contributed by atoms with E-state index >= 15 is 0 Å². The van der Waals surface area contributed by atoms with E-state index in [-0.39, 0.29) is 0 Å². The fourth-order valence-electron chi connectivity index (χ4n) is 2.08. The van der Waals surface area contributed by atoms with E-state index in [9.17, 15) is 0 Å². The third-order valence-corrected chi connectivity index (χ3v) is 3.15. The van der Waals surface area contributed by atoms with Gasteiger partial charge in [-0.2, -0.15) is 0 Å². The third-order valence-electron chi connectivity index (χ3n) is 3.15. The molecular weight excluding hydrogens is 224 g/mol. The Bertz CT molecular complexity index is 352. The predicted octanol–water partition coefficient (Wildman–Crippen LogP) is 2.69. The SMILES string of the molecule is COc1ccccc1C(C)NC(C)CCN(C)C. The van der Waals surface area contributed by atoms with Crippen molar-refractivity contribution in [3.63, 3.8) is 0 Å². The van der Waals surface area contributed by atoms with Gasteiger partial charge in [0.1, 0.15) is 5.75 Å². The van der Waals surface area contributed by atoms with Gasteiger partial charge in [-0.1, -0.05) is 18.2 Å². The minimum absolute atomic E-state index is 0.304. The topological polar surface area (TPSA) is 24.5 Å². The molecule has 3 heteroatoms. The molecule has 0 aliphatic heterocycles. The van der Waals surface area contributed by atoms with Gasteiger partial charge in [0, 0.05) is 17.6 Å². The normalized spacial score (nSPS) is 14.6. The minimum atomic E-state index is 0.304. The zero-order valence-corrected chi connectivity index (χ0v) is 12.2. The van der Waals surface area contributed by atoms with Crippen LogP contribution in [-0.2, 0) is 0 Å². The molecule has 2 atom stereocenters. The van der Waals surface area contributed by atoms with E-state index in [1.54, 1.807) is 7.11 Å². The number of nitrogens with zero attached hydrogens (tertiary/aromatic N) is 1. The highest BCUT2D eigenvalue weighted by atomic mass is 16.5. The highest BCUT2D eigenvalue weighted by molar-refractivity contribution is 5.35. The summed E-state index contributed by atoms with van der Waals surface area (Å²) in [6, 6.07) is 8.99. The molecule has 0 aliphatic carbocycles. The second-order valence-electron chi connectivity index (χ2n) is 5.12. The molecule has 0 aromatic heterocycles. The smallest absolute Gasteiger partial charge is 0.123 e. The van der Waals surface area contributed by atoms with Gasteiger partial charge in [0.15, 0.2) is 0 Å². The lowest BCUT2D eigenvalue weighted by atomic mass is 10.1. The Morgan fingerprint density at radius 3 is 2.50 bits per heavy atom. The van der Waals surface area contributed by atoms with Crippen molar-refractivity contribution in [3.8, 4) is 5.75 Å². The van der Waals surface area contributed by atoms with Crippen molar-refractivity contribution in [2.24, 2.45) is 0 Å². The van der Waals surface area contributed by atoms with Crippen LogP contribution in [-0.4, -0.2) is 38.7 Å². The third kappa shape index (κ3) is 4.67. The zero-order chi connectivity index (χ0) is 13.5. The molecule has 0 amide bonds. The van der Waals surface area contributed by atoms with Gasteiger partial charge in [-0.3, -0.25) is 0 Å². The van der Waals surface area contributed by atoms with Crippen molar-refractivity contribution in [1.82, 2.24) is 10.2 Å². The van der Waals surface area contributed by atoms with Crippen molar-refractivity contribution in [2.75, 3.05) is 27.7 Å². The molecule has 0 bridgehead atoms. The summed E-state index contributed by atoms with van der Waals surface area (Å²) in [4.78, 5) is 2.21. The van der Waals surface area contributed by atoms with Gasteiger partial charge in [0.05, 0.1) is 7.11 Å². The van der Waals surface area contributed by atoms with Crippen LogP contribution in [0.5, 0.6) is 5.75 Å². The van der Waals surface area contributed by atoms with E-state index in [2.05, 4.69) is 50.3 Å². The second kappa shape index (κ2) is 7.39. The summed E-state index contributed by atoms with van der Waals surface area (Å²) in [5.41, 5.74) is 1.22. The van der Waals surface area contributed by atoms with E-state index in [1.165, 1.54) is 5.56 Å². The summed E-state index contributed by atoms with van der Waals surface area (Å²) in [5, 5.41) is 3.62. The first kappa shape index (κ1) is 15.0. The van der Waals surface area contributed by atoms with Crippen molar-refractivity contribution in [2.45, 2.75) is 32.4 Å². The van der Waals surface area contributed by atoms with Crippen LogP contribution in [0.3, 0.4) is 0 Å².